The van der Waals surface area contributed by atoms with E-state index in [0.29, 0.717) is 17.8 Å². The number of hydrogen-bond acceptors (Lipinski definition) is 7. The van der Waals surface area contributed by atoms with Crippen molar-refractivity contribution >= 4 is 23.1 Å². The molecule has 4 heterocycles. The van der Waals surface area contributed by atoms with Gasteiger partial charge in [-0.15, -0.1) is 5.10 Å². The predicted molar refractivity (Wildman–Crippen MR) is 124 cm³/mol. The maximum absolute atomic E-state index is 12.9. The molecule has 160 valence electrons. The highest BCUT2D eigenvalue weighted by Crippen LogP contribution is 2.43. The van der Waals surface area contributed by atoms with E-state index in [9.17, 15) is 4.79 Å². The van der Waals surface area contributed by atoms with Crippen LogP contribution in [0.15, 0.2) is 107 Å². The van der Waals surface area contributed by atoms with Crippen molar-refractivity contribution in [1.82, 2.24) is 20.5 Å². The van der Waals surface area contributed by atoms with Crippen LogP contribution in [0.4, 0.5) is 5.69 Å². The lowest BCUT2D eigenvalue weighted by molar-refractivity contribution is 0.0867. The van der Waals surface area contributed by atoms with Crippen LogP contribution in [-0.4, -0.2) is 38.8 Å². The zero-order chi connectivity index (χ0) is 21.9. The van der Waals surface area contributed by atoms with Gasteiger partial charge in [0.1, 0.15) is 0 Å². The van der Waals surface area contributed by atoms with Gasteiger partial charge in [0.2, 0.25) is 6.29 Å². The molecule has 0 aliphatic carbocycles. The van der Waals surface area contributed by atoms with Crippen LogP contribution in [0, 0.1) is 0 Å². The third-order valence-corrected chi connectivity index (χ3v) is 6.21. The van der Waals surface area contributed by atoms with Gasteiger partial charge in [-0.25, -0.2) is 15.0 Å². The summed E-state index contributed by atoms with van der Waals surface area (Å²) in [4.78, 5) is 12.9. The van der Waals surface area contributed by atoms with Crippen LogP contribution in [0.25, 0.3) is 0 Å². The number of fused-ring (bicyclic) bond motifs is 6. The number of carbonyl (C=O) groups is 1. The van der Waals surface area contributed by atoms with E-state index in [1.54, 1.807) is 5.01 Å². The molecule has 3 aromatic carbocycles. The summed E-state index contributed by atoms with van der Waals surface area (Å²) in [5, 5.41) is 19.1. The Morgan fingerprint density at radius 2 is 1.52 bits per heavy atom. The maximum Gasteiger partial charge on any atom is 0.270 e. The highest BCUT2D eigenvalue weighted by molar-refractivity contribution is 6.14. The van der Waals surface area contributed by atoms with Gasteiger partial charge in [-0.1, -0.05) is 66.7 Å². The van der Waals surface area contributed by atoms with Gasteiger partial charge in [0.15, 0.2) is 11.7 Å². The molecule has 4 aliphatic heterocycles. The Kier molecular flexibility index (Phi) is 3.66. The van der Waals surface area contributed by atoms with Crippen LogP contribution in [0.5, 0.6) is 0 Å². The quantitative estimate of drug-likeness (QED) is 0.663. The molecule has 4 aliphatic rings. The number of carbonyl (C=O) groups excluding carboxylic acids is 1. The van der Waals surface area contributed by atoms with Crippen molar-refractivity contribution in [3.05, 3.63) is 113 Å². The highest BCUT2D eigenvalue weighted by atomic mass is 16.2. The maximum atomic E-state index is 12.9. The first-order valence-corrected chi connectivity index (χ1v) is 10.8. The first-order valence-electron chi connectivity index (χ1n) is 10.8. The number of nitrogens with one attached hydrogen (secondary N) is 2. The molecule has 0 saturated heterocycles. The fourth-order valence-corrected chi connectivity index (χ4v) is 4.70. The van der Waals surface area contributed by atoms with Crippen LogP contribution >= 0.6 is 0 Å². The number of hydrazine groups is 1. The van der Waals surface area contributed by atoms with Gasteiger partial charge in [-0.3, -0.25) is 10.2 Å². The van der Waals surface area contributed by atoms with Crippen molar-refractivity contribution in [2.75, 3.05) is 5.32 Å². The third kappa shape index (κ3) is 2.61. The van der Waals surface area contributed by atoms with E-state index in [4.69, 9.17) is 10.2 Å². The summed E-state index contributed by atoms with van der Waals surface area (Å²) in [6.45, 7) is 0. The molecule has 0 aromatic heterocycles. The first-order chi connectivity index (χ1) is 16.3. The molecule has 3 aromatic rings. The number of hydrazone groups is 2. The number of benzene rings is 3. The van der Waals surface area contributed by atoms with Crippen molar-refractivity contribution in [1.29, 1.82) is 0 Å². The molecule has 0 saturated carbocycles. The molecule has 2 N–H and O–H groups in total. The minimum Gasteiger partial charge on any atom is -0.345 e. The zero-order valence-corrected chi connectivity index (χ0v) is 17.5. The van der Waals surface area contributed by atoms with Gasteiger partial charge in [-0.2, -0.15) is 5.10 Å². The molecule has 7 rings (SSSR count). The molecule has 0 bridgehead atoms. The largest absolute Gasteiger partial charge is 0.345 e. The SMILES string of the molecule is O=C1NN2C(=NN3C2=C2CC(c4ccccc4)=NN2C3Nc2ccccc2)c2ccccc21. The monoisotopic (exact) mass is 433 g/mol. The molecular formula is C25H19N7O. The van der Waals surface area contributed by atoms with Crippen LogP contribution in [0.3, 0.4) is 0 Å². The summed E-state index contributed by atoms with van der Waals surface area (Å²) in [5.41, 5.74) is 8.46. The van der Waals surface area contributed by atoms with Crippen molar-refractivity contribution in [2.24, 2.45) is 10.2 Å². The second-order valence-corrected chi connectivity index (χ2v) is 8.18. The Balaban J connectivity index is 1.34. The number of para-hydroxylation sites is 1. The number of amides is 1. The minimum absolute atomic E-state index is 0.146. The van der Waals surface area contributed by atoms with E-state index in [-0.39, 0.29) is 12.2 Å². The van der Waals surface area contributed by atoms with Crippen LogP contribution in [0.2, 0.25) is 0 Å². The van der Waals surface area contributed by atoms with E-state index >= 15 is 0 Å². The van der Waals surface area contributed by atoms with E-state index in [1.807, 2.05) is 82.8 Å². The van der Waals surface area contributed by atoms with Crippen LogP contribution < -0.4 is 10.7 Å². The van der Waals surface area contributed by atoms with Gasteiger partial charge in [0.25, 0.3) is 5.91 Å². The fourth-order valence-electron chi connectivity index (χ4n) is 4.70. The molecule has 0 fully saturated rings. The first kappa shape index (κ1) is 18.0. The lowest BCUT2D eigenvalue weighted by atomic mass is 10.0. The summed E-state index contributed by atoms with van der Waals surface area (Å²) in [5.74, 6) is 1.38. The predicted octanol–water partition coefficient (Wildman–Crippen LogP) is 3.31. The molecule has 33 heavy (non-hydrogen) atoms. The average Bonchev–Trinajstić information content (AvgIpc) is 3.52. The number of nitrogens with zero attached hydrogens (tertiary/aromatic N) is 5. The minimum atomic E-state index is -0.360. The standard InChI is InChI=1S/C25H19N7O/c33-23-19-14-8-7-13-18(19)22-28-32-24(31(22)29-23)21-15-20(16-9-3-1-4-10-16)27-30(21)25(32)26-17-11-5-2-6-12-17/h1-14,25-26H,15H2,(H,29,33). The number of amidine groups is 1. The zero-order valence-electron chi connectivity index (χ0n) is 17.5. The molecule has 8 heteroatoms. The Morgan fingerprint density at radius 1 is 0.818 bits per heavy atom. The molecule has 0 radical (unpaired) electrons. The summed E-state index contributed by atoms with van der Waals surface area (Å²) < 4.78 is 0. The van der Waals surface area contributed by atoms with Crippen molar-refractivity contribution in [3.8, 4) is 0 Å². The Morgan fingerprint density at radius 3 is 2.30 bits per heavy atom. The lowest BCUT2D eigenvalue weighted by Crippen LogP contribution is -2.49. The molecule has 0 spiro atoms. The summed E-state index contributed by atoms with van der Waals surface area (Å²) in [6.07, 6.45) is 0.278. The Hall–Kier alpha value is -4.59. The number of hydrogen-bond donors (Lipinski definition) is 2. The van der Waals surface area contributed by atoms with E-state index in [2.05, 4.69) is 22.9 Å². The van der Waals surface area contributed by atoms with Crippen molar-refractivity contribution in [2.45, 2.75) is 12.7 Å². The second-order valence-electron chi connectivity index (χ2n) is 8.18. The van der Waals surface area contributed by atoms with Gasteiger partial charge < -0.3 is 5.32 Å². The van der Waals surface area contributed by atoms with Crippen molar-refractivity contribution in [3.63, 3.8) is 0 Å². The van der Waals surface area contributed by atoms with E-state index in [0.717, 1.165) is 34.0 Å². The third-order valence-electron chi connectivity index (χ3n) is 6.21. The molecule has 1 unspecified atom stereocenters. The number of allylic oxidation sites excluding steroid dienone is 1. The van der Waals surface area contributed by atoms with Gasteiger partial charge in [0, 0.05) is 17.7 Å². The van der Waals surface area contributed by atoms with Gasteiger partial charge >= 0.3 is 0 Å². The number of anilines is 1. The van der Waals surface area contributed by atoms with Crippen molar-refractivity contribution < 1.29 is 4.79 Å². The van der Waals surface area contributed by atoms with Crippen LogP contribution in [0.1, 0.15) is 27.9 Å². The molecule has 8 nitrogen and oxygen atoms in total. The number of rotatable bonds is 3. The molecular weight excluding hydrogens is 414 g/mol. The lowest BCUT2D eigenvalue weighted by Gasteiger charge is -2.28. The second kappa shape index (κ2) is 6.70. The van der Waals surface area contributed by atoms with Crippen LogP contribution in [-0.2, 0) is 0 Å². The Bertz CT molecular complexity index is 1380. The van der Waals surface area contributed by atoms with E-state index in [1.165, 1.54) is 0 Å². The highest BCUT2D eigenvalue weighted by Gasteiger charge is 2.51. The summed E-state index contributed by atoms with van der Waals surface area (Å²) in [7, 11) is 0. The summed E-state index contributed by atoms with van der Waals surface area (Å²) in [6, 6.07) is 27.7. The summed E-state index contributed by atoms with van der Waals surface area (Å²) >= 11 is 0. The molecule has 1 atom stereocenters. The topological polar surface area (TPSA) is 75.6 Å². The van der Waals surface area contributed by atoms with Gasteiger partial charge in [0.05, 0.1) is 17.0 Å². The van der Waals surface area contributed by atoms with Gasteiger partial charge in [-0.05, 0) is 23.8 Å². The Labute approximate surface area is 190 Å². The molecule has 1 amide bonds. The fraction of sp³-hybridized carbons (Fsp3) is 0.0800. The average molecular weight is 433 g/mol. The van der Waals surface area contributed by atoms with E-state index < -0.39 is 0 Å². The normalized spacial score (nSPS) is 20.1. The smallest absolute Gasteiger partial charge is 0.270 e.